The van der Waals surface area contributed by atoms with Crippen molar-refractivity contribution in [3.05, 3.63) is 21.8 Å². The maximum Gasteiger partial charge on any atom is 0.297 e. The Hall–Kier alpha value is -1.07. The van der Waals surface area contributed by atoms with E-state index in [1.807, 2.05) is 0 Å². The largest absolute Gasteiger partial charge is 0.489 e. The van der Waals surface area contributed by atoms with Gasteiger partial charge in [0.15, 0.2) is 5.15 Å². The lowest BCUT2D eigenvalue weighted by molar-refractivity contribution is 0.287. The number of rotatable bonds is 6. The first-order chi connectivity index (χ1) is 8.13. The monoisotopic (exact) mass is 259 g/mol. The molecule has 0 amide bonds. The quantitative estimate of drug-likeness (QED) is 0.722. The first-order valence-corrected chi connectivity index (χ1v) is 6.03. The highest BCUT2D eigenvalue weighted by atomic mass is 35.5. The zero-order valence-electron chi connectivity index (χ0n) is 10.4. The van der Waals surface area contributed by atoms with Gasteiger partial charge in [0, 0.05) is 13.1 Å². The van der Waals surface area contributed by atoms with E-state index in [0.717, 1.165) is 19.6 Å². The average molecular weight is 260 g/mol. The van der Waals surface area contributed by atoms with Crippen LogP contribution in [0.4, 0.5) is 0 Å². The SMILES string of the molecule is CCN(CC)CCn1cnc(Cl)c(OC)c1=O. The number of methoxy groups -OCH3 is 1. The van der Waals surface area contributed by atoms with Crippen LogP contribution in [0.3, 0.4) is 0 Å². The molecule has 1 rings (SSSR count). The zero-order valence-corrected chi connectivity index (χ0v) is 11.2. The van der Waals surface area contributed by atoms with E-state index in [-0.39, 0.29) is 16.5 Å². The topological polar surface area (TPSA) is 47.4 Å². The molecule has 6 heteroatoms. The van der Waals surface area contributed by atoms with E-state index in [4.69, 9.17) is 16.3 Å². The van der Waals surface area contributed by atoms with Gasteiger partial charge < -0.3 is 9.64 Å². The molecule has 0 N–H and O–H groups in total. The molecule has 0 fully saturated rings. The number of nitrogens with zero attached hydrogens (tertiary/aromatic N) is 3. The summed E-state index contributed by atoms with van der Waals surface area (Å²) in [6.45, 7) is 7.49. The standard InChI is InChI=1S/C11H18ClN3O2/c1-4-14(5-2)6-7-15-8-13-10(12)9(17-3)11(15)16/h8H,4-7H2,1-3H3. The fourth-order valence-electron chi connectivity index (χ4n) is 1.57. The Morgan fingerprint density at radius 1 is 1.47 bits per heavy atom. The highest BCUT2D eigenvalue weighted by Gasteiger charge is 2.10. The fourth-order valence-corrected chi connectivity index (χ4v) is 1.77. The van der Waals surface area contributed by atoms with Gasteiger partial charge in [0.05, 0.1) is 13.4 Å². The van der Waals surface area contributed by atoms with Crippen LogP contribution in [0.5, 0.6) is 5.75 Å². The fraction of sp³-hybridized carbons (Fsp3) is 0.636. The van der Waals surface area contributed by atoms with E-state index in [9.17, 15) is 4.79 Å². The van der Waals surface area contributed by atoms with Gasteiger partial charge in [0.2, 0.25) is 5.75 Å². The maximum absolute atomic E-state index is 11.9. The molecular weight excluding hydrogens is 242 g/mol. The van der Waals surface area contributed by atoms with Crippen molar-refractivity contribution in [3.63, 3.8) is 0 Å². The Kier molecular flexibility index (Phi) is 5.44. The van der Waals surface area contributed by atoms with Gasteiger partial charge in [-0.1, -0.05) is 25.4 Å². The summed E-state index contributed by atoms with van der Waals surface area (Å²) < 4.78 is 6.45. The van der Waals surface area contributed by atoms with Crippen LogP contribution in [-0.2, 0) is 6.54 Å². The third-order valence-electron chi connectivity index (χ3n) is 2.71. The van der Waals surface area contributed by atoms with Crippen molar-refractivity contribution in [2.75, 3.05) is 26.7 Å². The van der Waals surface area contributed by atoms with E-state index in [1.165, 1.54) is 18.0 Å². The molecule has 0 aromatic carbocycles. The van der Waals surface area contributed by atoms with Crippen LogP contribution in [-0.4, -0.2) is 41.2 Å². The van der Waals surface area contributed by atoms with Gasteiger partial charge in [-0.15, -0.1) is 0 Å². The molecule has 0 bridgehead atoms. The molecule has 0 aliphatic rings. The van der Waals surface area contributed by atoms with Gasteiger partial charge in [-0.3, -0.25) is 9.36 Å². The molecule has 17 heavy (non-hydrogen) atoms. The van der Waals surface area contributed by atoms with Crippen LogP contribution in [0.1, 0.15) is 13.8 Å². The lowest BCUT2D eigenvalue weighted by Gasteiger charge is -2.18. The molecule has 0 radical (unpaired) electrons. The Morgan fingerprint density at radius 2 is 2.12 bits per heavy atom. The van der Waals surface area contributed by atoms with Crippen molar-refractivity contribution in [1.82, 2.24) is 14.5 Å². The van der Waals surface area contributed by atoms with Gasteiger partial charge in [0.25, 0.3) is 5.56 Å². The molecule has 1 heterocycles. The molecule has 1 aromatic heterocycles. The summed E-state index contributed by atoms with van der Waals surface area (Å²) in [5.41, 5.74) is -0.236. The summed E-state index contributed by atoms with van der Waals surface area (Å²) in [5.74, 6) is 0.105. The Bertz CT molecular complexity index is 416. The van der Waals surface area contributed by atoms with Gasteiger partial charge in [0.1, 0.15) is 0 Å². The molecule has 0 atom stereocenters. The van der Waals surface area contributed by atoms with E-state index < -0.39 is 0 Å². The predicted octanol–water partition coefficient (Wildman–Crippen LogP) is 1.25. The van der Waals surface area contributed by atoms with E-state index >= 15 is 0 Å². The highest BCUT2D eigenvalue weighted by molar-refractivity contribution is 6.30. The summed E-state index contributed by atoms with van der Waals surface area (Å²) in [7, 11) is 1.42. The second-order valence-corrected chi connectivity index (χ2v) is 3.95. The predicted molar refractivity (Wildman–Crippen MR) is 67.8 cm³/mol. The molecule has 0 saturated carbocycles. The van der Waals surface area contributed by atoms with Gasteiger partial charge in [-0.25, -0.2) is 4.98 Å². The summed E-state index contributed by atoms with van der Waals surface area (Å²) in [6, 6.07) is 0. The third kappa shape index (κ3) is 3.44. The van der Waals surface area contributed by atoms with Crippen LogP contribution in [0.2, 0.25) is 5.15 Å². The second kappa shape index (κ2) is 6.61. The smallest absolute Gasteiger partial charge is 0.297 e. The van der Waals surface area contributed by atoms with Crippen molar-refractivity contribution >= 4 is 11.6 Å². The Morgan fingerprint density at radius 3 is 2.65 bits per heavy atom. The van der Waals surface area contributed by atoms with Crippen LogP contribution >= 0.6 is 11.6 Å². The van der Waals surface area contributed by atoms with Crippen molar-refractivity contribution in [2.24, 2.45) is 0 Å². The van der Waals surface area contributed by atoms with E-state index in [2.05, 4.69) is 23.7 Å². The Labute approximate surface area is 106 Å². The number of halogens is 1. The second-order valence-electron chi connectivity index (χ2n) is 3.59. The van der Waals surface area contributed by atoms with E-state index in [0.29, 0.717) is 6.54 Å². The summed E-state index contributed by atoms with van der Waals surface area (Å²) in [6.07, 6.45) is 1.46. The van der Waals surface area contributed by atoms with Crippen molar-refractivity contribution in [2.45, 2.75) is 20.4 Å². The first kappa shape index (κ1) is 14.0. The average Bonchev–Trinajstić information content (AvgIpc) is 2.33. The molecule has 0 saturated heterocycles. The minimum atomic E-state index is -0.236. The van der Waals surface area contributed by atoms with Crippen LogP contribution < -0.4 is 10.3 Å². The molecular formula is C11H18ClN3O2. The van der Waals surface area contributed by atoms with Crippen molar-refractivity contribution in [3.8, 4) is 5.75 Å². The molecule has 0 unspecified atom stereocenters. The number of likely N-dealkylation sites (N-methyl/N-ethyl adjacent to an activating group) is 1. The minimum absolute atomic E-state index is 0.105. The molecule has 0 aliphatic heterocycles. The summed E-state index contributed by atoms with van der Waals surface area (Å²) >= 11 is 5.76. The number of ether oxygens (including phenoxy) is 1. The number of aromatic nitrogens is 2. The van der Waals surface area contributed by atoms with Crippen molar-refractivity contribution < 1.29 is 4.74 Å². The molecule has 1 aromatic rings. The summed E-state index contributed by atoms with van der Waals surface area (Å²) in [5, 5.41) is 0.108. The van der Waals surface area contributed by atoms with Gasteiger partial charge in [-0.05, 0) is 13.1 Å². The number of hydrogen-bond donors (Lipinski definition) is 0. The first-order valence-electron chi connectivity index (χ1n) is 5.65. The van der Waals surface area contributed by atoms with Gasteiger partial charge in [-0.2, -0.15) is 0 Å². The molecule has 0 spiro atoms. The van der Waals surface area contributed by atoms with Crippen LogP contribution in [0.25, 0.3) is 0 Å². The van der Waals surface area contributed by atoms with Gasteiger partial charge >= 0.3 is 0 Å². The summed E-state index contributed by atoms with van der Waals surface area (Å²) in [4.78, 5) is 18.1. The lowest BCUT2D eigenvalue weighted by Crippen LogP contribution is -2.31. The number of hydrogen-bond acceptors (Lipinski definition) is 4. The van der Waals surface area contributed by atoms with E-state index in [1.54, 1.807) is 0 Å². The molecule has 96 valence electrons. The van der Waals surface area contributed by atoms with Crippen molar-refractivity contribution in [1.29, 1.82) is 0 Å². The highest BCUT2D eigenvalue weighted by Crippen LogP contribution is 2.14. The zero-order chi connectivity index (χ0) is 12.8. The minimum Gasteiger partial charge on any atom is -0.489 e. The lowest BCUT2D eigenvalue weighted by atomic mass is 10.4. The maximum atomic E-state index is 11.9. The molecule has 5 nitrogen and oxygen atoms in total. The van der Waals surface area contributed by atoms with Crippen LogP contribution in [0, 0.1) is 0 Å². The third-order valence-corrected chi connectivity index (χ3v) is 2.98. The van der Waals surface area contributed by atoms with Crippen LogP contribution in [0.15, 0.2) is 11.1 Å². The molecule has 0 aliphatic carbocycles. The normalized spacial score (nSPS) is 10.9. The Balaban J connectivity index is 2.82.